The first kappa shape index (κ1) is 26.4. The van der Waals surface area contributed by atoms with Crippen LogP contribution in [0.5, 0.6) is 0 Å². The maximum Gasteiger partial charge on any atom is 0.242 e. The van der Waals surface area contributed by atoms with Crippen LogP contribution in [0.4, 0.5) is 0 Å². The van der Waals surface area contributed by atoms with Crippen molar-refractivity contribution in [3.8, 4) is 0 Å². The van der Waals surface area contributed by atoms with Crippen LogP contribution in [0.15, 0.2) is 72.8 Å². The second-order valence-corrected chi connectivity index (χ2v) is 9.95. The average molecular weight is 536 g/mol. The monoisotopic (exact) mass is 534 g/mol. The molecule has 8 heteroatoms. The van der Waals surface area contributed by atoms with E-state index in [9.17, 15) is 9.59 Å². The Bertz CT molecular complexity index is 1110. The van der Waals surface area contributed by atoms with Crippen LogP contribution >= 0.6 is 46.6 Å². The summed E-state index contributed by atoms with van der Waals surface area (Å²) in [5.41, 5.74) is 2.84. The highest BCUT2D eigenvalue weighted by Crippen LogP contribution is 2.25. The van der Waals surface area contributed by atoms with Gasteiger partial charge in [0.15, 0.2) is 0 Å². The van der Waals surface area contributed by atoms with Crippen molar-refractivity contribution in [3.63, 3.8) is 0 Å². The van der Waals surface area contributed by atoms with Gasteiger partial charge in [-0.25, -0.2) is 0 Å². The zero-order valence-electron chi connectivity index (χ0n) is 18.6. The van der Waals surface area contributed by atoms with Crippen LogP contribution in [0.25, 0.3) is 0 Å². The number of carbonyl (C=O) groups excluding carboxylic acids is 2. The van der Waals surface area contributed by atoms with E-state index >= 15 is 0 Å². The number of amides is 2. The summed E-state index contributed by atoms with van der Waals surface area (Å²) in [5, 5.41) is 4.23. The maximum absolute atomic E-state index is 13.4. The van der Waals surface area contributed by atoms with Crippen LogP contribution in [0.3, 0.4) is 0 Å². The maximum atomic E-state index is 13.4. The Balaban J connectivity index is 1.82. The molecule has 0 heterocycles. The molecule has 0 saturated carbocycles. The van der Waals surface area contributed by atoms with E-state index < -0.39 is 6.04 Å². The van der Waals surface area contributed by atoms with Crippen LogP contribution in [0.2, 0.25) is 15.1 Å². The third-order valence-corrected chi connectivity index (χ3v) is 7.24. The lowest BCUT2D eigenvalue weighted by molar-refractivity contribution is -0.139. The van der Waals surface area contributed by atoms with E-state index in [1.807, 2.05) is 60.7 Å². The minimum atomic E-state index is -0.675. The van der Waals surface area contributed by atoms with E-state index in [1.54, 1.807) is 24.1 Å². The lowest BCUT2D eigenvalue weighted by Crippen LogP contribution is -2.50. The largest absolute Gasteiger partial charge is 0.357 e. The summed E-state index contributed by atoms with van der Waals surface area (Å²) < 4.78 is 0. The van der Waals surface area contributed by atoms with Crippen molar-refractivity contribution in [2.75, 3.05) is 12.8 Å². The predicted molar refractivity (Wildman–Crippen MR) is 143 cm³/mol. The Kier molecular flexibility index (Phi) is 10.1. The van der Waals surface area contributed by atoms with Crippen molar-refractivity contribution in [2.24, 2.45) is 0 Å². The molecule has 0 aliphatic carbocycles. The van der Waals surface area contributed by atoms with Crippen LogP contribution in [-0.2, 0) is 28.3 Å². The lowest BCUT2D eigenvalue weighted by Gasteiger charge is -2.31. The lowest BCUT2D eigenvalue weighted by atomic mass is 10.0. The molecular formula is C26H25Cl3N2O2S. The highest BCUT2D eigenvalue weighted by atomic mass is 35.5. The first-order chi connectivity index (χ1) is 16.4. The summed E-state index contributed by atoms with van der Waals surface area (Å²) in [6, 6.07) is 21.8. The molecule has 2 amide bonds. The van der Waals surface area contributed by atoms with E-state index in [0.29, 0.717) is 27.2 Å². The number of benzene rings is 3. The van der Waals surface area contributed by atoms with Gasteiger partial charge in [0.1, 0.15) is 6.04 Å². The quantitative estimate of drug-likeness (QED) is 0.333. The van der Waals surface area contributed by atoms with Gasteiger partial charge in [-0.2, -0.15) is 0 Å². The summed E-state index contributed by atoms with van der Waals surface area (Å²) in [5.74, 6) is 0.536. The second kappa shape index (κ2) is 13.1. The average Bonchev–Trinajstić information content (AvgIpc) is 2.84. The normalized spacial score (nSPS) is 11.6. The molecule has 0 fully saturated rings. The van der Waals surface area contributed by atoms with Crippen molar-refractivity contribution in [1.29, 1.82) is 0 Å². The first-order valence-corrected chi connectivity index (χ1v) is 13.0. The second-order valence-electron chi connectivity index (χ2n) is 7.71. The zero-order chi connectivity index (χ0) is 24.5. The van der Waals surface area contributed by atoms with Gasteiger partial charge in [0.05, 0.1) is 15.8 Å². The smallest absolute Gasteiger partial charge is 0.242 e. The number of rotatable bonds is 10. The van der Waals surface area contributed by atoms with Crippen molar-refractivity contribution < 1.29 is 9.59 Å². The van der Waals surface area contributed by atoms with Gasteiger partial charge in [0, 0.05) is 30.8 Å². The number of thioether (sulfide) groups is 1. The molecule has 0 bridgehead atoms. The molecular weight excluding hydrogens is 511 g/mol. The molecule has 3 aromatic rings. The molecule has 4 nitrogen and oxygen atoms in total. The number of nitrogens with zero attached hydrogens (tertiary/aromatic N) is 1. The van der Waals surface area contributed by atoms with Crippen molar-refractivity contribution >= 4 is 58.4 Å². The third kappa shape index (κ3) is 7.67. The first-order valence-electron chi connectivity index (χ1n) is 10.7. The fourth-order valence-electron chi connectivity index (χ4n) is 3.47. The van der Waals surface area contributed by atoms with Gasteiger partial charge in [-0.05, 0) is 41.0 Å². The van der Waals surface area contributed by atoms with Crippen LogP contribution < -0.4 is 5.32 Å². The highest BCUT2D eigenvalue weighted by molar-refractivity contribution is 7.99. The number of nitrogens with one attached hydrogen (secondary N) is 1. The predicted octanol–water partition coefficient (Wildman–Crippen LogP) is 6.27. The third-order valence-electron chi connectivity index (χ3n) is 5.26. The van der Waals surface area contributed by atoms with Gasteiger partial charge in [0.2, 0.25) is 11.8 Å². The molecule has 0 radical (unpaired) electrons. The minimum Gasteiger partial charge on any atom is -0.357 e. The Labute approximate surface area is 219 Å². The molecule has 1 N–H and O–H groups in total. The molecule has 3 aromatic carbocycles. The summed E-state index contributed by atoms with van der Waals surface area (Å²) in [6.07, 6.45) is 0.398. The van der Waals surface area contributed by atoms with Gasteiger partial charge >= 0.3 is 0 Å². The van der Waals surface area contributed by atoms with Crippen molar-refractivity contribution in [1.82, 2.24) is 10.2 Å². The van der Waals surface area contributed by atoms with Gasteiger partial charge in [0.25, 0.3) is 0 Å². The van der Waals surface area contributed by atoms with Gasteiger partial charge < -0.3 is 10.2 Å². The topological polar surface area (TPSA) is 49.4 Å². The number of hydrogen-bond acceptors (Lipinski definition) is 3. The Morgan fingerprint density at radius 2 is 1.56 bits per heavy atom. The molecule has 3 rings (SSSR count). The molecule has 0 aliphatic rings. The molecule has 178 valence electrons. The molecule has 34 heavy (non-hydrogen) atoms. The zero-order valence-corrected chi connectivity index (χ0v) is 21.7. The minimum absolute atomic E-state index is 0.130. The fraction of sp³-hybridized carbons (Fsp3) is 0.231. The summed E-state index contributed by atoms with van der Waals surface area (Å²) in [7, 11) is 1.58. The number of halogens is 3. The van der Waals surface area contributed by atoms with Gasteiger partial charge in [-0.1, -0.05) is 83.3 Å². The van der Waals surface area contributed by atoms with Crippen LogP contribution in [-0.4, -0.2) is 35.6 Å². The summed E-state index contributed by atoms with van der Waals surface area (Å²) >= 11 is 19.7. The molecule has 0 spiro atoms. The van der Waals surface area contributed by atoms with E-state index in [0.717, 1.165) is 16.7 Å². The van der Waals surface area contributed by atoms with Crippen LogP contribution in [0, 0.1) is 0 Å². The number of carbonyl (C=O) groups is 2. The number of hydrogen-bond donors (Lipinski definition) is 1. The van der Waals surface area contributed by atoms with E-state index in [4.69, 9.17) is 34.8 Å². The SMILES string of the molecule is CNC(=O)C(Cc1ccccc1)N(Cc1ccc(Cl)c(Cl)c1)C(=O)CSCc1ccc(Cl)cc1. The number of likely N-dealkylation sites (N-methyl/N-ethyl adjacent to an activating group) is 1. The summed E-state index contributed by atoms with van der Waals surface area (Å²) in [6.45, 7) is 0.238. The Morgan fingerprint density at radius 1 is 0.882 bits per heavy atom. The van der Waals surface area contributed by atoms with Gasteiger partial charge in [-0.3, -0.25) is 9.59 Å². The molecule has 0 saturated heterocycles. The molecule has 0 aliphatic heterocycles. The van der Waals surface area contributed by atoms with E-state index in [-0.39, 0.29) is 24.1 Å². The highest BCUT2D eigenvalue weighted by Gasteiger charge is 2.29. The van der Waals surface area contributed by atoms with Gasteiger partial charge in [-0.15, -0.1) is 11.8 Å². The molecule has 1 atom stereocenters. The molecule has 1 unspecified atom stereocenters. The Hall–Kier alpha value is -2.18. The van der Waals surface area contributed by atoms with E-state index in [1.165, 1.54) is 11.8 Å². The fourth-order valence-corrected chi connectivity index (χ4v) is 4.79. The van der Waals surface area contributed by atoms with Crippen LogP contribution in [0.1, 0.15) is 16.7 Å². The standard InChI is InChI=1S/C26H25Cl3N2O2S/c1-30-26(33)24(14-18-5-3-2-4-6-18)31(15-20-9-12-22(28)23(29)13-20)25(32)17-34-16-19-7-10-21(27)11-8-19/h2-13,24H,14-17H2,1H3,(H,30,33). The van der Waals surface area contributed by atoms with Crippen molar-refractivity contribution in [3.05, 3.63) is 105 Å². The van der Waals surface area contributed by atoms with E-state index in [2.05, 4.69) is 5.32 Å². The summed E-state index contributed by atoms with van der Waals surface area (Å²) in [4.78, 5) is 28.0. The molecule has 0 aromatic heterocycles. The Morgan fingerprint density at radius 3 is 2.21 bits per heavy atom. The van der Waals surface area contributed by atoms with Crippen molar-refractivity contribution in [2.45, 2.75) is 24.8 Å².